The molecular weight excluding hydrogens is 418 g/mol. The molecule has 0 saturated carbocycles. The first kappa shape index (κ1) is 24.7. The van der Waals surface area contributed by atoms with Gasteiger partial charge in [0.2, 0.25) is 21.8 Å². The van der Waals surface area contributed by atoms with Gasteiger partial charge in [0.25, 0.3) is 0 Å². The van der Waals surface area contributed by atoms with E-state index in [4.69, 9.17) is 9.56 Å². The number of ketones is 1. The molecule has 1 heterocycles. The zero-order chi connectivity index (χ0) is 22.7. The highest BCUT2D eigenvalue weighted by atomic mass is 32.2. The summed E-state index contributed by atoms with van der Waals surface area (Å²) in [6.45, 7) is 1.86. The summed E-state index contributed by atoms with van der Waals surface area (Å²) in [6.07, 6.45) is 6.01. The molecule has 0 fully saturated rings. The van der Waals surface area contributed by atoms with Crippen molar-refractivity contribution in [3.8, 4) is 11.3 Å². The number of nitrogens with one attached hydrogen (secondary N) is 1. The van der Waals surface area contributed by atoms with Gasteiger partial charge in [-0.15, -0.1) is 0 Å². The molecule has 3 N–H and O–H groups in total. The van der Waals surface area contributed by atoms with Crippen molar-refractivity contribution in [3.63, 3.8) is 0 Å². The number of sulfonamides is 1. The summed E-state index contributed by atoms with van der Waals surface area (Å²) >= 11 is 0. The number of carbonyl (C=O) groups excluding carboxylic acids is 2. The number of carbonyl (C=O) groups is 2. The van der Waals surface area contributed by atoms with Gasteiger partial charge in [-0.1, -0.05) is 50.1 Å². The van der Waals surface area contributed by atoms with Crippen LogP contribution in [0.2, 0.25) is 0 Å². The van der Waals surface area contributed by atoms with E-state index in [1.807, 2.05) is 37.3 Å². The molecule has 9 heteroatoms. The Morgan fingerprint density at radius 1 is 1.10 bits per heavy atom. The number of benzene rings is 1. The Bertz CT molecular complexity index is 941. The molecule has 0 aliphatic rings. The van der Waals surface area contributed by atoms with Gasteiger partial charge in [-0.25, -0.2) is 18.5 Å². The molecule has 8 nitrogen and oxygen atoms in total. The lowest BCUT2D eigenvalue weighted by Gasteiger charge is -2.16. The average molecular weight is 450 g/mol. The van der Waals surface area contributed by atoms with Crippen LogP contribution in [0.4, 0.5) is 0 Å². The number of oxazole rings is 1. The van der Waals surface area contributed by atoms with Gasteiger partial charge >= 0.3 is 0 Å². The number of rotatable bonds is 14. The van der Waals surface area contributed by atoms with Gasteiger partial charge in [-0.2, -0.15) is 0 Å². The van der Waals surface area contributed by atoms with Crippen LogP contribution in [0.15, 0.2) is 40.9 Å². The summed E-state index contributed by atoms with van der Waals surface area (Å²) in [5.74, 6) is 0.739. The van der Waals surface area contributed by atoms with E-state index in [2.05, 4.69) is 10.3 Å². The van der Waals surface area contributed by atoms with E-state index in [9.17, 15) is 18.0 Å². The van der Waals surface area contributed by atoms with Crippen LogP contribution in [0.3, 0.4) is 0 Å². The van der Waals surface area contributed by atoms with E-state index >= 15 is 0 Å². The minimum absolute atomic E-state index is 0.0458. The van der Waals surface area contributed by atoms with Gasteiger partial charge in [0.15, 0.2) is 5.76 Å². The Hall–Kier alpha value is -2.52. The molecule has 1 amide bonds. The maximum absolute atomic E-state index is 12.3. The second-order valence-electron chi connectivity index (χ2n) is 7.51. The average Bonchev–Trinajstić information content (AvgIpc) is 3.22. The fourth-order valence-corrected chi connectivity index (χ4v) is 3.71. The summed E-state index contributed by atoms with van der Waals surface area (Å²) in [6, 6.07) is 9.11. The molecule has 0 bridgehead atoms. The fourth-order valence-electron chi connectivity index (χ4n) is 3.17. The molecule has 170 valence electrons. The minimum Gasteiger partial charge on any atom is -0.438 e. The lowest BCUT2D eigenvalue weighted by atomic mass is 10.0. The molecule has 0 saturated heterocycles. The molecule has 1 atom stereocenters. The summed E-state index contributed by atoms with van der Waals surface area (Å²) in [5.41, 5.74) is 0.887. The van der Waals surface area contributed by atoms with E-state index in [-0.39, 0.29) is 30.3 Å². The SMILES string of the molecule is CCC(=O)CCCCC[C@H](NC(=O)CCCS(N)(=O)=O)c1ncc(-c2ccccc2)o1. The summed E-state index contributed by atoms with van der Waals surface area (Å²) in [7, 11) is -3.60. The number of hydrogen-bond acceptors (Lipinski definition) is 6. The van der Waals surface area contributed by atoms with Crippen molar-refractivity contribution in [2.24, 2.45) is 5.14 Å². The van der Waals surface area contributed by atoms with Crippen LogP contribution in [-0.2, 0) is 19.6 Å². The van der Waals surface area contributed by atoms with Gasteiger partial charge in [0, 0.05) is 24.8 Å². The fraction of sp³-hybridized carbons (Fsp3) is 0.500. The quantitative estimate of drug-likeness (QED) is 0.424. The Morgan fingerprint density at radius 3 is 2.52 bits per heavy atom. The molecule has 0 aliphatic heterocycles. The third-order valence-corrected chi connectivity index (χ3v) is 5.75. The highest BCUT2D eigenvalue weighted by Crippen LogP contribution is 2.26. The van der Waals surface area contributed by atoms with Crippen molar-refractivity contribution in [2.75, 3.05) is 5.75 Å². The van der Waals surface area contributed by atoms with Crippen LogP contribution in [0.1, 0.15) is 70.2 Å². The number of aromatic nitrogens is 1. The van der Waals surface area contributed by atoms with Gasteiger partial charge in [0.1, 0.15) is 11.8 Å². The maximum atomic E-state index is 12.3. The number of Topliss-reactive ketones (excluding diaryl/α,β-unsaturated/α-hetero) is 1. The third kappa shape index (κ3) is 9.44. The first-order chi connectivity index (χ1) is 14.8. The zero-order valence-corrected chi connectivity index (χ0v) is 18.7. The molecule has 0 unspecified atom stereocenters. The Balaban J connectivity index is 1.99. The predicted octanol–water partition coefficient (Wildman–Crippen LogP) is 3.50. The first-order valence-corrected chi connectivity index (χ1v) is 12.3. The Labute approximate surface area is 183 Å². The van der Waals surface area contributed by atoms with E-state index in [0.717, 1.165) is 24.8 Å². The highest BCUT2D eigenvalue weighted by molar-refractivity contribution is 7.89. The van der Waals surface area contributed by atoms with E-state index in [1.54, 1.807) is 6.20 Å². The number of unbranched alkanes of at least 4 members (excludes halogenated alkanes) is 2. The normalized spacial score (nSPS) is 12.5. The van der Waals surface area contributed by atoms with Gasteiger partial charge < -0.3 is 9.73 Å². The van der Waals surface area contributed by atoms with E-state index in [1.165, 1.54) is 0 Å². The molecule has 0 aliphatic carbocycles. The van der Waals surface area contributed by atoms with Crippen LogP contribution in [-0.4, -0.2) is 30.8 Å². The van der Waals surface area contributed by atoms with Crippen LogP contribution in [0.5, 0.6) is 0 Å². The molecule has 31 heavy (non-hydrogen) atoms. The van der Waals surface area contributed by atoms with Crippen molar-refractivity contribution < 1.29 is 22.4 Å². The second-order valence-corrected chi connectivity index (χ2v) is 9.24. The maximum Gasteiger partial charge on any atom is 0.220 e. The van der Waals surface area contributed by atoms with Crippen molar-refractivity contribution in [1.82, 2.24) is 10.3 Å². The molecule has 2 aromatic rings. The highest BCUT2D eigenvalue weighted by Gasteiger charge is 2.20. The van der Waals surface area contributed by atoms with Gasteiger partial charge in [-0.05, 0) is 19.3 Å². The minimum atomic E-state index is -3.60. The lowest BCUT2D eigenvalue weighted by Crippen LogP contribution is -2.29. The number of hydrogen-bond donors (Lipinski definition) is 2. The largest absolute Gasteiger partial charge is 0.438 e. The van der Waals surface area contributed by atoms with Crippen LogP contribution < -0.4 is 10.5 Å². The van der Waals surface area contributed by atoms with Crippen molar-refractivity contribution in [3.05, 3.63) is 42.4 Å². The smallest absolute Gasteiger partial charge is 0.220 e. The number of amides is 1. The van der Waals surface area contributed by atoms with Crippen LogP contribution in [0, 0.1) is 0 Å². The zero-order valence-electron chi connectivity index (χ0n) is 17.9. The molecule has 0 radical (unpaired) electrons. The van der Waals surface area contributed by atoms with E-state index in [0.29, 0.717) is 30.9 Å². The topological polar surface area (TPSA) is 132 Å². The number of primary sulfonamides is 1. The monoisotopic (exact) mass is 449 g/mol. The molecule has 1 aromatic carbocycles. The van der Waals surface area contributed by atoms with Crippen molar-refractivity contribution in [1.29, 1.82) is 0 Å². The van der Waals surface area contributed by atoms with Crippen LogP contribution in [0.25, 0.3) is 11.3 Å². The number of nitrogens with two attached hydrogens (primary N) is 1. The van der Waals surface area contributed by atoms with Crippen molar-refractivity contribution >= 4 is 21.7 Å². The van der Waals surface area contributed by atoms with Gasteiger partial charge in [-0.3, -0.25) is 9.59 Å². The first-order valence-electron chi connectivity index (χ1n) is 10.6. The Morgan fingerprint density at radius 2 is 1.84 bits per heavy atom. The van der Waals surface area contributed by atoms with Gasteiger partial charge in [0.05, 0.1) is 11.9 Å². The molecule has 2 rings (SSSR count). The molecule has 1 aromatic heterocycles. The van der Waals surface area contributed by atoms with Crippen molar-refractivity contribution in [2.45, 2.75) is 64.3 Å². The second kappa shape index (κ2) is 12.4. The summed E-state index contributed by atoms with van der Waals surface area (Å²) < 4.78 is 28.0. The lowest BCUT2D eigenvalue weighted by molar-refractivity contribution is -0.122. The number of nitrogens with zero attached hydrogens (tertiary/aromatic N) is 1. The third-order valence-electron chi connectivity index (χ3n) is 4.89. The van der Waals surface area contributed by atoms with E-state index < -0.39 is 16.1 Å². The van der Waals surface area contributed by atoms with Crippen LogP contribution >= 0.6 is 0 Å². The Kier molecular flexibility index (Phi) is 9.87. The molecule has 0 spiro atoms. The summed E-state index contributed by atoms with van der Waals surface area (Å²) in [4.78, 5) is 28.2. The standard InChI is InChI=1S/C22H31N3O5S/c1-2-18(26)12-7-4-8-13-19(25-21(27)14-9-15-31(23,28)29)22-24-16-20(30-22)17-10-5-3-6-11-17/h3,5-6,10-11,16,19H,2,4,7-9,12-15H2,1H3,(H,25,27)(H2,23,28,29)/t19-/m0/s1. The molecular formula is C22H31N3O5S. The predicted molar refractivity (Wildman–Crippen MR) is 118 cm³/mol. The summed E-state index contributed by atoms with van der Waals surface area (Å²) in [5, 5.41) is 7.89.